The Kier molecular flexibility index (Phi) is 6.33. The van der Waals surface area contributed by atoms with Crippen LogP contribution in [0.15, 0.2) is 78.9 Å². The van der Waals surface area contributed by atoms with Crippen LogP contribution < -0.4 is 9.47 Å². The van der Waals surface area contributed by atoms with E-state index in [1.165, 1.54) is 5.56 Å². The molecule has 4 nitrogen and oxygen atoms in total. The maximum atomic E-state index is 6.15. The first-order valence-corrected chi connectivity index (χ1v) is 10.6. The van der Waals surface area contributed by atoms with Gasteiger partial charge < -0.3 is 14.0 Å². The van der Waals surface area contributed by atoms with Crippen molar-refractivity contribution in [1.82, 2.24) is 9.55 Å². The van der Waals surface area contributed by atoms with E-state index < -0.39 is 0 Å². The lowest BCUT2D eigenvalue weighted by molar-refractivity contribution is 0.210. The Morgan fingerprint density at radius 3 is 2.37 bits per heavy atom. The molecule has 4 aromatic rings. The second-order valence-electron chi connectivity index (χ2n) is 7.38. The fraction of sp³-hybridized carbons (Fsp3) is 0.269. The van der Waals surface area contributed by atoms with Gasteiger partial charge in [-0.1, -0.05) is 49.4 Å². The molecule has 4 rings (SSSR count). The maximum absolute atomic E-state index is 6.15. The molecule has 0 bridgehead atoms. The number of rotatable bonds is 9. The number of benzene rings is 3. The summed E-state index contributed by atoms with van der Waals surface area (Å²) in [6, 6.07) is 26.5. The molecule has 0 N–H and O–H groups in total. The van der Waals surface area contributed by atoms with Crippen molar-refractivity contribution in [3.8, 4) is 11.5 Å². The number of hydrogen-bond donors (Lipinski definition) is 0. The molecule has 0 aliphatic heterocycles. The highest BCUT2D eigenvalue weighted by molar-refractivity contribution is 5.76. The van der Waals surface area contributed by atoms with Crippen LogP contribution in [0.2, 0.25) is 0 Å². The van der Waals surface area contributed by atoms with E-state index in [1.807, 2.05) is 48.5 Å². The summed E-state index contributed by atoms with van der Waals surface area (Å²) in [6.45, 7) is 5.69. The molecular weight excluding hydrogens is 372 g/mol. The second kappa shape index (κ2) is 9.49. The van der Waals surface area contributed by atoms with Crippen LogP contribution in [-0.2, 0) is 13.0 Å². The van der Waals surface area contributed by atoms with Crippen molar-refractivity contribution in [3.05, 3.63) is 90.3 Å². The van der Waals surface area contributed by atoms with Gasteiger partial charge in [0.2, 0.25) is 0 Å². The largest absolute Gasteiger partial charge is 0.494 e. The number of fused-ring (bicyclic) bond motifs is 1. The van der Waals surface area contributed by atoms with Gasteiger partial charge in [0.25, 0.3) is 0 Å². The van der Waals surface area contributed by atoms with E-state index in [-0.39, 0.29) is 6.10 Å². The molecule has 0 aliphatic rings. The van der Waals surface area contributed by atoms with E-state index in [9.17, 15) is 0 Å². The molecule has 0 spiro atoms. The van der Waals surface area contributed by atoms with Gasteiger partial charge >= 0.3 is 0 Å². The summed E-state index contributed by atoms with van der Waals surface area (Å²) in [6.07, 6.45) is 1.78. The highest BCUT2D eigenvalue weighted by atomic mass is 16.5. The van der Waals surface area contributed by atoms with Crippen LogP contribution in [0.4, 0.5) is 0 Å². The molecule has 1 aromatic heterocycles. The zero-order valence-electron chi connectivity index (χ0n) is 17.6. The summed E-state index contributed by atoms with van der Waals surface area (Å²) in [7, 11) is 0. The van der Waals surface area contributed by atoms with Gasteiger partial charge in [0, 0.05) is 6.54 Å². The molecule has 1 unspecified atom stereocenters. The normalized spacial score (nSPS) is 12.1. The lowest BCUT2D eigenvalue weighted by Gasteiger charge is -2.17. The van der Waals surface area contributed by atoms with Crippen LogP contribution in [0.1, 0.15) is 37.8 Å². The standard InChI is InChI=1S/C26H28N2O2/c1-3-21-14-16-22(17-15-21)29-19-9-18-28-25-13-8-7-12-24(25)27-26(28)20(2)30-23-10-5-4-6-11-23/h4-8,10-17,20H,3,9,18-19H2,1-2H3. The van der Waals surface area contributed by atoms with Crippen molar-refractivity contribution in [2.75, 3.05) is 6.61 Å². The van der Waals surface area contributed by atoms with Crippen molar-refractivity contribution in [3.63, 3.8) is 0 Å². The fourth-order valence-electron chi connectivity index (χ4n) is 3.63. The topological polar surface area (TPSA) is 36.3 Å². The average molecular weight is 401 g/mol. The second-order valence-corrected chi connectivity index (χ2v) is 7.38. The first kappa shape index (κ1) is 20.0. The Morgan fingerprint density at radius 1 is 0.867 bits per heavy atom. The van der Waals surface area contributed by atoms with Crippen LogP contribution in [0.5, 0.6) is 11.5 Å². The summed E-state index contributed by atoms with van der Waals surface area (Å²) >= 11 is 0. The van der Waals surface area contributed by atoms with E-state index in [0.717, 1.165) is 47.7 Å². The summed E-state index contributed by atoms with van der Waals surface area (Å²) in [5.74, 6) is 2.71. The molecule has 0 fully saturated rings. The molecule has 0 saturated carbocycles. The molecule has 3 aromatic carbocycles. The fourth-order valence-corrected chi connectivity index (χ4v) is 3.63. The third-order valence-electron chi connectivity index (χ3n) is 5.23. The number of nitrogens with zero attached hydrogens (tertiary/aromatic N) is 2. The van der Waals surface area contributed by atoms with E-state index in [1.54, 1.807) is 0 Å². The lowest BCUT2D eigenvalue weighted by Crippen LogP contribution is -2.13. The number of imidazole rings is 1. The summed E-state index contributed by atoms with van der Waals surface area (Å²) in [5.41, 5.74) is 3.44. The zero-order valence-corrected chi connectivity index (χ0v) is 17.6. The highest BCUT2D eigenvalue weighted by Gasteiger charge is 2.18. The Balaban J connectivity index is 1.45. The van der Waals surface area contributed by atoms with Crippen molar-refractivity contribution in [1.29, 1.82) is 0 Å². The molecule has 1 heterocycles. The van der Waals surface area contributed by atoms with Crippen LogP contribution in [0.25, 0.3) is 11.0 Å². The quantitative estimate of drug-likeness (QED) is 0.314. The minimum Gasteiger partial charge on any atom is -0.494 e. The summed E-state index contributed by atoms with van der Waals surface area (Å²) in [4.78, 5) is 4.86. The van der Waals surface area contributed by atoms with Crippen LogP contribution in [-0.4, -0.2) is 16.2 Å². The molecule has 0 saturated heterocycles. The van der Waals surface area contributed by atoms with Gasteiger partial charge in [-0.25, -0.2) is 4.98 Å². The molecule has 4 heteroatoms. The van der Waals surface area contributed by atoms with Crippen molar-refractivity contribution >= 4 is 11.0 Å². The third-order valence-corrected chi connectivity index (χ3v) is 5.23. The highest BCUT2D eigenvalue weighted by Crippen LogP contribution is 2.25. The number of aryl methyl sites for hydroxylation is 2. The SMILES string of the molecule is CCc1ccc(OCCCn2c(C(C)Oc3ccccc3)nc3ccccc32)cc1. The molecule has 30 heavy (non-hydrogen) atoms. The predicted octanol–water partition coefficient (Wildman–Crippen LogP) is 6.21. The Morgan fingerprint density at radius 2 is 1.60 bits per heavy atom. The minimum atomic E-state index is -0.151. The molecule has 154 valence electrons. The van der Waals surface area contributed by atoms with Gasteiger partial charge in [0.15, 0.2) is 11.9 Å². The van der Waals surface area contributed by atoms with Gasteiger partial charge in [-0.05, 0) is 61.7 Å². The number of hydrogen-bond acceptors (Lipinski definition) is 3. The summed E-state index contributed by atoms with van der Waals surface area (Å²) < 4.78 is 14.4. The van der Waals surface area contributed by atoms with E-state index in [2.05, 4.69) is 48.7 Å². The average Bonchev–Trinajstić information content (AvgIpc) is 3.16. The molecular formula is C26H28N2O2. The summed E-state index contributed by atoms with van der Waals surface area (Å²) in [5, 5.41) is 0. The first-order chi connectivity index (χ1) is 14.7. The molecule has 0 radical (unpaired) electrons. The van der Waals surface area contributed by atoms with E-state index in [0.29, 0.717) is 6.61 Å². The minimum absolute atomic E-state index is 0.151. The van der Waals surface area contributed by atoms with Gasteiger partial charge in [0.1, 0.15) is 11.5 Å². The Labute approximate surface area is 178 Å². The Hall–Kier alpha value is -3.27. The molecule has 0 amide bonds. The van der Waals surface area contributed by atoms with Gasteiger partial charge in [-0.3, -0.25) is 0 Å². The Bertz CT molecular complexity index is 1070. The van der Waals surface area contributed by atoms with Crippen LogP contribution >= 0.6 is 0 Å². The van der Waals surface area contributed by atoms with Gasteiger partial charge in [-0.15, -0.1) is 0 Å². The third kappa shape index (κ3) is 4.65. The zero-order chi connectivity index (χ0) is 20.8. The molecule has 0 aliphatic carbocycles. The van der Waals surface area contributed by atoms with E-state index in [4.69, 9.17) is 14.5 Å². The molecule has 1 atom stereocenters. The predicted molar refractivity (Wildman–Crippen MR) is 121 cm³/mol. The van der Waals surface area contributed by atoms with Crippen molar-refractivity contribution in [2.45, 2.75) is 39.3 Å². The number of para-hydroxylation sites is 3. The van der Waals surface area contributed by atoms with Gasteiger partial charge in [0.05, 0.1) is 17.6 Å². The van der Waals surface area contributed by atoms with Crippen LogP contribution in [0, 0.1) is 0 Å². The maximum Gasteiger partial charge on any atom is 0.153 e. The van der Waals surface area contributed by atoms with Crippen LogP contribution in [0.3, 0.4) is 0 Å². The van der Waals surface area contributed by atoms with E-state index >= 15 is 0 Å². The van der Waals surface area contributed by atoms with Gasteiger partial charge in [-0.2, -0.15) is 0 Å². The van der Waals surface area contributed by atoms with Crippen molar-refractivity contribution < 1.29 is 9.47 Å². The monoisotopic (exact) mass is 400 g/mol. The lowest BCUT2D eigenvalue weighted by atomic mass is 10.2. The number of ether oxygens (including phenoxy) is 2. The smallest absolute Gasteiger partial charge is 0.153 e. The van der Waals surface area contributed by atoms with Crippen molar-refractivity contribution in [2.24, 2.45) is 0 Å². The first-order valence-electron chi connectivity index (χ1n) is 10.6. The number of aromatic nitrogens is 2.